The number of nitrogens with zero attached hydrogens (tertiary/aromatic N) is 1. The molecule has 0 bridgehead atoms. The van der Waals surface area contributed by atoms with E-state index in [0.717, 1.165) is 15.6 Å². The summed E-state index contributed by atoms with van der Waals surface area (Å²) in [5, 5.41) is 9.37. The van der Waals surface area contributed by atoms with Crippen molar-refractivity contribution in [3.8, 4) is 0 Å². The zero-order chi connectivity index (χ0) is 10.0. The third kappa shape index (κ3) is 2.50. The molecule has 4 nitrogen and oxygen atoms in total. The van der Waals surface area contributed by atoms with Gasteiger partial charge in [-0.2, -0.15) is 0 Å². The number of nitrogens with two attached hydrogens (primary N) is 1. The lowest BCUT2D eigenvalue weighted by molar-refractivity contribution is -0.138. The Bertz CT molecular complexity index is 302. The number of carboxylic acid groups (broad SMARTS) is 1. The molecule has 1 aromatic rings. The number of aliphatic carboxylic acids is 1. The lowest BCUT2D eigenvalue weighted by Crippen LogP contribution is -2.32. The Balaban J connectivity index is 2.69. The lowest BCUT2D eigenvalue weighted by Gasteiger charge is -2.01. The summed E-state index contributed by atoms with van der Waals surface area (Å²) in [6, 6.07) is -0.843. The second-order valence-electron chi connectivity index (χ2n) is 2.90. The second kappa shape index (κ2) is 3.85. The first kappa shape index (κ1) is 10.1. The molecular formula is C8H12N2O2S. The molecule has 72 valence electrons. The highest BCUT2D eigenvalue weighted by atomic mass is 32.1. The smallest absolute Gasteiger partial charge is 0.320 e. The summed E-state index contributed by atoms with van der Waals surface area (Å²) in [5.74, 6) is -0.981. The van der Waals surface area contributed by atoms with Gasteiger partial charge in [-0.3, -0.25) is 4.79 Å². The van der Waals surface area contributed by atoms with Gasteiger partial charge in [-0.05, 0) is 13.8 Å². The van der Waals surface area contributed by atoms with E-state index < -0.39 is 12.0 Å². The standard InChI is InChI=1S/C8H12N2O2S/c1-4-5(2)13-7(10-4)3-6(9)8(11)12/h6H,3,9H2,1-2H3,(H,11,12). The molecule has 5 heteroatoms. The molecule has 0 radical (unpaired) electrons. The minimum atomic E-state index is -0.981. The van der Waals surface area contributed by atoms with Crippen LogP contribution in [0.4, 0.5) is 0 Å². The van der Waals surface area contributed by atoms with Gasteiger partial charge in [0.1, 0.15) is 6.04 Å². The summed E-state index contributed by atoms with van der Waals surface area (Å²) in [6.45, 7) is 3.87. The van der Waals surface area contributed by atoms with Gasteiger partial charge in [0, 0.05) is 11.3 Å². The summed E-state index contributed by atoms with van der Waals surface area (Å²) in [4.78, 5) is 15.8. The topological polar surface area (TPSA) is 76.2 Å². The SMILES string of the molecule is Cc1nc(CC(N)C(=O)O)sc1C. The summed E-state index contributed by atoms with van der Waals surface area (Å²) >= 11 is 1.51. The van der Waals surface area contributed by atoms with E-state index in [-0.39, 0.29) is 0 Å². The molecule has 0 aliphatic heterocycles. The van der Waals surface area contributed by atoms with Crippen LogP contribution in [0.5, 0.6) is 0 Å². The monoisotopic (exact) mass is 200 g/mol. The van der Waals surface area contributed by atoms with E-state index in [1.54, 1.807) is 0 Å². The van der Waals surface area contributed by atoms with Gasteiger partial charge in [0.25, 0.3) is 0 Å². The maximum absolute atomic E-state index is 10.4. The third-order valence-corrected chi connectivity index (χ3v) is 2.88. The Kier molecular flexibility index (Phi) is 3.00. The van der Waals surface area contributed by atoms with Gasteiger partial charge in [0.05, 0.1) is 10.7 Å². The van der Waals surface area contributed by atoms with E-state index in [0.29, 0.717) is 6.42 Å². The minimum absolute atomic E-state index is 0.314. The fourth-order valence-corrected chi connectivity index (χ4v) is 1.89. The number of aromatic nitrogens is 1. The van der Waals surface area contributed by atoms with Crippen molar-refractivity contribution in [1.82, 2.24) is 4.98 Å². The van der Waals surface area contributed by atoms with Gasteiger partial charge >= 0.3 is 5.97 Å². The van der Waals surface area contributed by atoms with Crippen molar-refractivity contribution in [3.63, 3.8) is 0 Å². The van der Waals surface area contributed by atoms with Gasteiger partial charge in [0.2, 0.25) is 0 Å². The Morgan fingerprint density at radius 1 is 1.69 bits per heavy atom. The average Bonchev–Trinajstić information content (AvgIpc) is 2.31. The molecule has 0 spiro atoms. The summed E-state index contributed by atoms with van der Waals surface area (Å²) in [7, 11) is 0. The fraction of sp³-hybridized carbons (Fsp3) is 0.500. The largest absolute Gasteiger partial charge is 0.480 e. The van der Waals surface area contributed by atoms with Crippen LogP contribution in [0.2, 0.25) is 0 Å². The van der Waals surface area contributed by atoms with Crippen LogP contribution in [0, 0.1) is 13.8 Å². The first-order chi connectivity index (χ1) is 6.00. The van der Waals surface area contributed by atoms with Gasteiger partial charge in [-0.1, -0.05) is 0 Å². The summed E-state index contributed by atoms with van der Waals surface area (Å²) in [6.07, 6.45) is 0.314. The van der Waals surface area contributed by atoms with E-state index in [1.165, 1.54) is 11.3 Å². The van der Waals surface area contributed by atoms with Crippen molar-refractivity contribution in [3.05, 3.63) is 15.6 Å². The molecule has 0 aliphatic carbocycles. The van der Waals surface area contributed by atoms with Crippen LogP contribution in [0.1, 0.15) is 15.6 Å². The van der Waals surface area contributed by atoms with Crippen molar-refractivity contribution in [2.45, 2.75) is 26.3 Å². The third-order valence-electron chi connectivity index (χ3n) is 1.78. The molecule has 0 aliphatic rings. The van der Waals surface area contributed by atoms with Crippen LogP contribution in [0.15, 0.2) is 0 Å². The highest BCUT2D eigenvalue weighted by molar-refractivity contribution is 7.11. The Labute approximate surface area is 80.4 Å². The molecule has 3 N–H and O–H groups in total. The fourth-order valence-electron chi connectivity index (χ4n) is 0.902. The molecule has 1 unspecified atom stereocenters. The van der Waals surface area contributed by atoms with Crippen LogP contribution in [0.25, 0.3) is 0 Å². The first-order valence-corrected chi connectivity index (χ1v) is 4.73. The molecule has 0 saturated carbocycles. The van der Waals surface area contributed by atoms with Crippen LogP contribution in [0.3, 0.4) is 0 Å². The first-order valence-electron chi connectivity index (χ1n) is 3.92. The van der Waals surface area contributed by atoms with E-state index in [9.17, 15) is 4.79 Å². The average molecular weight is 200 g/mol. The molecule has 0 fully saturated rings. The number of hydrogen-bond acceptors (Lipinski definition) is 4. The molecule has 1 heterocycles. The lowest BCUT2D eigenvalue weighted by atomic mass is 10.2. The number of carboxylic acids is 1. The molecule has 1 aromatic heterocycles. The minimum Gasteiger partial charge on any atom is -0.480 e. The van der Waals surface area contributed by atoms with Crippen molar-refractivity contribution in [2.24, 2.45) is 5.73 Å². The molecule has 0 aromatic carbocycles. The molecule has 13 heavy (non-hydrogen) atoms. The zero-order valence-corrected chi connectivity index (χ0v) is 8.39. The number of thiazole rings is 1. The van der Waals surface area contributed by atoms with Crippen molar-refractivity contribution in [1.29, 1.82) is 0 Å². The number of carbonyl (C=O) groups is 1. The quantitative estimate of drug-likeness (QED) is 0.753. The van der Waals surface area contributed by atoms with E-state index in [4.69, 9.17) is 10.8 Å². The van der Waals surface area contributed by atoms with Crippen molar-refractivity contribution < 1.29 is 9.90 Å². The van der Waals surface area contributed by atoms with Crippen LogP contribution >= 0.6 is 11.3 Å². The Morgan fingerprint density at radius 2 is 2.31 bits per heavy atom. The molecule has 1 atom stereocenters. The van der Waals surface area contributed by atoms with Crippen molar-refractivity contribution >= 4 is 17.3 Å². The van der Waals surface area contributed by atoms with Gasteiger partial charge in [-0.25, -0.2) is 4.98 Å². The normalized spacial score (nSPS) is 12.8. The van der Waals surface area contributed by atoms with Crippen LogP contribution in [-0.4, -0.2) is 22.1 Å². The maximum atomic E-state index is 10.4. The highest BCUT2D eigenvalue weighted by Gasteiger charge is 2.14. The van der Waals surface area contributed by atoms with Crippen LogP contribution < -0.4 is 5.73 Å². The second-order valence-corrected chi connectivity index (χ2v) is 4.19. The molecule has 0 amide bonds. The Hall–Kier alpha value is -0.940. The summed E-state index contributed by atoms with van der Waals surface area (Å²) in [5.41, 5.74) is 6.33. The van der Waals surface area contributed by atoms with E-state index in [2.05, 4.69) is 4.98 Å². The number of aryl methyl sites for hydroxylation is 2. The van der Waals surface area contributed by atoms with Gasteiger partial charge in [-0.15, -0.1) is 11.3 Å². The predicted molar refractivity (Wildman–Crippen MR) is 50.9 cm³/mol. The van der Waals surface area contributed by atoms with E-state index in [1.807, 2.05) is 13.8 Å². The maximum Gasteiger partial charge on any atom is 0.320 e. The Morgan fingerprint density at radius 3 is 2.69 bits per heavy atom. The highest BCUT2D eigenvalue weighted by Crippen LogP contribution is 2.17. The number of rotatable bonds is 3. The molecule has 0 saturated heterocycles. The van der Waals surface area contributed by atoms with E-state index >= 15 is 0 Å². The molecule has 1 rings (SSSR count). The number of hydrogen-bond donors (Lipinski definition) is 2. The zero-order valence-electron chi connectivity index (χ0n) is 7.57. The van der Waals surface area contributed by atoms with Crippen LogP contribution in [-0.2, 0) is 11.2 Å². The van der Waals surface area contributed by atoms with Gasteiger partial charge < -0.3 is 10.8 Å². The molecular weight excluding hydrogens is 188 g/mol. The summed E-state index contributed by atoms with van der Waals surface area (Å²) < 4.78 is 0. The van der Waals surface area contributed by atoms with Crippen molar-refractivity contribution in [2.75, 3.05) is 0 Å². The predicted octanol–water partition coefficient (Wildman–Crippen LogP) is 0.714. The van der Waals surface area contributed by atoms with Gasteiger partial charge in [0.15, 0.2) is 0 Å².